The van der Waals surface area contributed by atoms with Crippen molar-refractivity contribution >= 4 is 11.8 Å². The zero-order chi connectivity index (χ0) is 16.8. The summed E-state index contributed by atoms with van der Waals surface area (Å²) in [4.78, 5) is 27.5. The molecule has 4 nitrogen and oxygen atoms in total. The van der Waals surface area contributed by atoms with Crippen LogP contribution in [0.1, 0.15) is 77.6 Å². The number of likely N-dealkylation sites (tertiary alicyclic amines) is 1. The summed E-state index contributed by atoms with van der Waals surface area (Å²) in [6, 6.07) is 0. The zero-order valence-corrected chi connectivity index (χ0v) is 15.1. The molecule has 0 aromatic rings. The van der Waals surface area contributed by atoms with Crippen LogP contribution in [0.2, 0.25) is 0 Å². The highest BCUT2D eigenvalue weighted by atomic mass is 16.2. The molecule has 5 aliphatic rings. The molecular weight excluding hydrogens is 300 g/mol. The van der Waals surface area contributed by atoms with Gasteiger partial charge in [-0.25, -0.2) is 0 Å². The molecule has 134 valence electrons. The fourth-order valence-electron chi connectivity index (χ4n) is 6.82. The summed E-state index contributed by atoms with van der Waals surface area (Å²) in [6.07, 6.45) is 12.7. The quantitative estimate of drug-likeness (QED) is 0.844. The first-order valence-electron chi connectivity index (χ1n) is 10.1. The molecule has 4 aliphatic carbocycles. The van der Waals surface area contributed by atoms with Gasteiger partial charge in [0.2, 0.25) is 11.8 Å². The predicted molar refractivity (Wildman–Crippen MR) is 93.3 cm³/mol. The first-order chi connectivity index (χ1) is 11.5. The summed E-state index contributed by atoms with van der Waals surface area (Å²) in [6.45, 7) is 3.53. The van der Waals surface area contributed by atoms with Crippen LogP contribution >= 0.6 is 0 Å². The summed E-state index contributed by atoms with van der Waals surface area (Å²) in [7, 11) is 0. The van der Waals surface area contributed by atoms with Gasteiger partial charge in [-0.3, -0.25) is 9.59 Å². The second kappa shape index (κ2) is 6.03. The number of carbonyl (C=O) groups excluding carboxylic acids is 2. The molecular formula is C20H32N2O2. The molecule has 4 saturated carbocycles. The maximum atomic E-state index is 13.6. The number of carbonyl (C=O) groups is 2. The maximum Gasteiger partial charge on any atom is 0.228 e. The van der Waals surface area contributed by atoms with Gasteiger partial charge in [-0.2, -0.15) is 0 Å². The van der Waals surface area contributed by atoms with Crippen molar-refractivity contribution in [2.45, 2.75) is 83.1 Å². The van der Waals surface area contributed by atoms with E-state index >= 15 is 0 Å². The van der Waals surface area contributed by atoms with E-state index in [2.05, 4.69) is 10.2 Å². The minimum Gasteiger partial charge on any atom is -0.351 e. The Bertz CT molecular complexity index is 508. The predicted octanol–water partition coefficient (Wildman–Crippen LogP) is 3.25. The summed E-state index contributed by atoms with van der Waals surface area (Å²) in [5.74, 6) is 1.77. The number of nitrogens with zero attached hydrogens (tertiary/aromatic N) is 1. The van der Waals surface area contributed by atoms with Gasteiger partial charge in [0.25, 0.3) is 0 Å². The van der Waals surface area contributed by atoms with Crippen molar-refractivity contribution in [2.24, 2.45) is 17.3 Å². The van der Waals surface area contributed by atoms with Crippen molar-refractivity contribution in [1.82, 2.24) is 10.2 Å². The average molecular weight is 332 g/mol. The van der Waals surface area contributed by atoms with Crippen LogP contribution in [0.25, 0.3) is 0 Å². The fourth-order valence-corrected chi connectivity index (χ4v) is 6.82. The van der Waals surface area contributed by atoms with E-state index in [0.29, 0.717) is 17.7 Å². The largest absolute Gasteiger partial charge is 0.351 e. The lowest BCUT2D eigenvalue weighted by Crippen LogP contribution is -2.66. The van der Waals surface area contributed by atoms with E-state index in [0.717, 1.165) is 58.0 Å². The van der Waals surface area contributed by atoms with Gasteiger partial charge in [0, 0.05) is 25.6 Å². The number of nitrogens with one attached hydrogen (secondary N) is 1. The molecule has 0 aromatic heterocycles. The fraction of sp³-hybridized carbons (Fsp3) is 0.900. The van der Waals surface area contributed by atoms with Crippen LogP contribution < -0.4 is 5.32 Å². The van der Waals surface area contributed by atoms with Crippen LogP contribution in [0.3, 0.4) is 0 Å². The average Bonchev–Trinajstić information content (AvgIpc) is 2.43. The van der Waals surface area contributed by atoms with E-state index in [1.807, 2.05) is 0 Å². The summed E-state index contributed by atoms with van der Waals surface area (Å²) >= 11 is 0. The molecule has 0 aromatic carbocycles. The first kappa shape index (κ1) is 16.4. The second-order valence-corrected chi connectivity index (χ2v) is 9.26. The minimum atomic E-state index is -0.175. The SMILES string of the molecule is CC(=O)NC12CC3CC(C1)CC(C(=O)N1CCCCCCC1)(C3)C2. The monoisotopic (exact) mass is 332 g/mol. The smallest absolute Gasteiger partial charge is 0.228 e. The third kappa shape index (κ3) is 2.86. The molecule has 1 N–H and O–H groups in total. The Morgan fingerprint density at radius 1 is 0.917 bits per heavy atom. The molecule has 5 rings (SSSR count). The van der Waals surface area contributed by atoms with Crippen LogP contribution in [0.15, 0.2) is 0 Å². The minimum absolute atomic E-state index is 0.0748. The number of amides is 2. The lowest BCUT2D eigenvalue weighted by Gasteiger charge is -2.62. The first-order valence-corrected chi connectivity index (χ1v) is 10.1. The number of hydrogen-bond acceptors (Lipinski definition) is 2. The molecule has 0 radical (unpaired) electrons. The van der Waals surface area contributed by atoms with Crippen LogP contribution in [-0.4, -0.2) is 35.3 Å². The van der Waals surface area contributed by atoms with Gasteiger partial charge in [-0.05, 0) is 63.2 Å². The van der Waals surface area contributed by atoms with Crippen LogP contribution in [0.4, 0.5) is 0 Å². The Labute approximate surface area is 145 Å². The molecule has 1 saturated heterocycles. The van der Waals surface area contributed by atoms with Gasteiger partial charge in [0.15, 0.2) is 0 Å². The third-order valence-corrected chi connectivity index (χ3v) is 7.10. The van der Waals surface area contributed by atoms with Gasteiger partial charge in [-0.1, -0.05) is 19.3 Å². The third-order valence-electron chi connectivity index (χ3n) is 7.10. The van der Waals surface area contributed by atoms with Gasteiger partial charge < -0.3 is 10.2 Å². The van der Waals surface area contributed by atoms with Crippen LogP contribution in [0, 0.1) is 17.3 Å². The Hall–Kier alpha value is -1.06. The lowest BCUT2D eigenvalue weighted by molar-refractivity contribution is -0.163. The zero-order valence-electron chi connectivity index (χ0n) is 15.1. The van der Waals surface area contributed by atoms with E-state index in [4.69, 9.17) is 0 Å². The summed E-state index contributed by atoms with van der Waals surface area (Å²) in [5.41, 5.74) is -0.264. The van der Waals surface area contributed by atoms with Gasteiger partial charge in [0.05, 0.1) is 5.41 Å². The summed E-state index contributed by atoms with van der Waals surface area (Å²) < 4.78 is 0. The van der Waals surface area contributed by atoms with E-state index < -0.39 is 0 Å². The van der Waals surface area contributed by atoms with Gasteiger partial charge in [-0.15, -0.1) is 0 Å². The highest BCUT2D eigenvalue weighted by molar-refractivity contribution is 5.84. The second-order valence-electron chi connectivity index (χ2n) is 9.26. The van der Waals surface area contributed by atoms with Crippen molar-refractivity contribution in [1.29, 1.82) is 0 Å². The normalized spacial score (nSPS) is 41.6. The topological polar surface area (TPSA) is 49.4 Å². The Kier molecular flexibility index (Phi) is 4.12. The van der Waals surface area contributed by atoms with E-state index in [1.54, 1.807) is 6.92 Å². The van der Waals surface area contributed by atoms with Gasteiger partial charge in [0.1, 0.15) is 0 Å². The van der Waals surface area contributed by atoms with Crippen molar-refractivity contribution < 1.29 is 9.59 Å². The Morgan fingerprint density at radius 3 is 2.08 bits per heavy atom. The summed E-state index contributed by atoms with van der Waals surface area (Å²) in [5, 5.41) is 3.28. The molecule has 4 bridgehead atoms. The van der Waals surface area contributed by atoms with Crippen molar-refractivity contribution in [3.63, 3.8) is 0 Å². The lowest BCUT2D eigenvalue weighted by atomic mass is 9.46. The Morgan fingerprint density at radius 2 is 1.50 bits per heavy atom. The number of hydrogen-bond donors (Lipinski definition) is 1. The molecule has 1 aliphatic heterocycles. The van der Waals surface area contributed by atoms with Gasteiger partial charge >= 0.3 is 0 Å². The molecule has 4 heteroatoms. The molecule has 5 fully saturated rings. The highest BCUT2D eigenvalue weighted by Crippen LogP contribution is 2.62. The molecule has 2 atom stereocenters. The molecule has 2 amide bonds. The van der Waals surface area contributed by atoms with Crippen molar-refractivity contribution in [3.8, 4) is 0 Å². The van der Waals surface area contributed by atoms with Crippen LogP contribution in [-0.2, 0) is 9.59 Å². The molecule has 1 heterocycles. The molecule has 24 heavy (non-hydrogen) atoms. The Balaban J connectivity index is 1.57. The standard InChI is InChI=1S/C20H32N2O2/c1-15(23)21-20-12-16-9-17(13-20)11-19(10-16,14-20)18(24)22-7-5-3-2-4-6-8-22/h16-17H,2-14H2,1H3,(H,21,23). The highest BCUT2D eigenvalue weighted by Gasteiger charge is 2.61. The van der Waals surface area contributed by atoms with E-state index in [9.17, 15) is 9.59 Å². The van der Waals surface area contributed by atoms with E-state index in [1.165, 1.54) is 25.7 Å². The number of rotatable bonds is 2. The van der Waals surface area contributed by atoms with E-state index in [-0.39, 0.29) is 16.9 Å². The molecule has 0 spiro atoms. The van der Waals surface area contributed by atoms with Crippen LogP contribution in [0.5, 0.6) is 0 Å². The molecule has 2 unspecified atom stereocenters. The van der Waals surface area contributed by atoms with Crippen molar-refractivity contribution in [2.75, 3.05) is 13.1 Å². The van der Waals surface area contributed by atoms with Crippen molar-refractivity contribution in [3.05, 3.63) is 0 Å². The maximum absolute atomic E-state index is 13.6.